The average Bonchev–Trinajstić information content (AvgIpc) is 3.18. The lowest BCUT2D eigenvalue weighted by molar-refractivity contribution is -0.137. The number of likely N-dealkylation sites (tertiary alicyclic amines) is 1. The van der Waals surface area contributed by atoms with Crippen molar-refractivity contribution in [3.05, 3.63) is 0 Å². The van der Waals surface area contributed by atoms with Crippen molar-refractivity contribution in [2.75, 3.05) is 32.8 Å². The summed E-state index contributed by atoms with van der Waals surface area (Å²) < 4.78 is 5.33. The van der Waals surface area contributed by atoms with Crippen LogP contribution in [0.5, 0.6) is 0 Å². The van der Waals surface area contributed by atoms with Crippen LogP contribution in [0.15, 0.2) is 0 Å². The van der Waals surface area contributed by atoms with Crippen molar-refractivity contribution in [1.29, 1.82) is 5.41 Å². The molecule has 7 heteroatoms. The SMILES string of the molecule is CC(C)CC1(C)NC(=N)N(CC2CCN(C(=O)C3CCOC3)CC2)C1=O. The van der Waals surface area contributed by atoms with Crippen molar-refractivity contribution >= 4 is 17.8 Å². The Morgan fingerprint density at radius 1 is 1.35 bits per heavy atom. The fourth-order valence-corrected chi connectivity index (χ4v) is 4.49. The molecular weight excluding hydrogens is 332 g/mol. The van der Waals surface area contributed by atoms with Crippen LogP contribution in [-0.2, 0) is 14.3 Å². The summed E-state index contributed by atoms with van der Waals surface area (Å²) in [5, 5.41) is 11.3. The van der Waals surface area contributed by atoms with Crippen molar-refractivity contribution < 1.29 is 14.3 Å². The van der Waals surface area contributed by atoms with E-state index in [1.165, 1.54) is 0 Å². The lowest BCUT2D eigenvalue weighted by atomic mass is 9.90. The van der Waals surface area contributed by atoms with E-state index in [2.05, 4.69) is 19.2 Å². The number of amides is 2. The first kappa shape index (κ1) is 19.1. The van der Waals surface area contributed by atoms with E-state index in [1.54, 1.807) is 4.90 Å². The molecule has 3 fully saturated rings. The first-order chi connectivity index (χ1) is 12.3. The van der Waals surface area contributed by atoms with E-state index in [-0.39, 0.29) is 23.7 Å². The van der Waals surface area contributed by atoms with Crippen LogP contribution in [0.25, 0.3) is 0 Å². The molecule has 26 heavy (non-hydrogen) atoms. The Morgan fingerprint density at radius 2 is 2.04 bits per heavy atom. The van der Waals surface area contributed by atoms with Crippen LogP contribution in [0, 0.1) is 23.2 Å². The van der Waals surface area contributed by atoms with E-state index in [0.29, 0.717) is 31.6 Å². The van der Waals surface area contributed by atoms with E-state index in [0.717, 1.165) is 38.8 Å². The van der Waals surface area contributed by atoms with Crippen LogP contribution in [0.2, 0.25) is 0 Å². The zero-order valence-corrected chi connectivity index (χ0v) is 16.2. The number of carbonyl (C=O) groups excluding carboxylic acids is 2. The Bertz CT molecular complexity index is 565. The number of piperidine rings is 1. The summed E-state index contributed by atoms with van der Waals surface area (Å²) in [5.74, 6) is 1.21. The van der Waals surface area contributed by atoms with Gasteiger partial charge in [-0.15, -0.1) is 0 Å². The van der Waals surface area contributed by atoms with Crippen LogP contribution in [0.1, 0.15) is 46.5 Å². The van der Waals surface area contributed by atoms with Crippen LogP contribution < -0.4 is 5.32 Å². The maximum absolute atomic E-state index is 12.8. The smallest absolute Gasteiger partial charge is 0.254 e. The van der Waals surface area contributed by atoms with Crippen molar-refractivity contribution in [3.8, 4) is 0 Å². The number of ether oxygens (including phenoxy) is 1. The summed E-state index contributed by atoms with van der Waals surface area (Å²) in [7, 11) is 0. The van der Waals surface area contributed by atoms with E-state index in [1.807, 2.05) is 11.8 Å². The standard InChI is InChI=1S/C19H32N4O3/c1-13(2)10-19(3)17(25)23(18(20)21-19)11-14-4-7-22(8-5-14)16(24)15-6-9-26-12-15/h13-15H,4-12H2,1-3H3,(H2,20,21). The summed E-state index contributed by atoms with van der Waals surface area (Å²) in [6.45, 7) is 9.38. The number of rotatable bonds is 5. The lowest BCUT2D eigenvalue weighted by Crippen LogP contribution is -2.46. The van der Waals surface area contributed by atoms with Gasteiger partial charge in [0.2, 0.25) is 5.91 Å². The maximum atomic E-state index is 12.8. The van der Waals surface area contributed by atoms with Crippen LogP contribution in [0.3, 0.4) is 0 Å². The molecule has 0 bridgehead atoms. The quantitative estimate of drug-likeness (QED) is 0.773. The number of hydrogen-bond donors (Lipinski definition) is 2. The van der Waals surface area contributed by atoms with Gasteiger partial charge in [0.1, 0.15) is 5.54 Å². The third-order valence-electron chi connectivity index (χ3n) is 5.84. The zero-order chi connectivity index (χ0) is 18.9. The Morgan fingerprint density at radius 3 is 2.62 bits per heavy atom. The van der Waals surface area contributed by atoms with E-state index >= 15 is 0 Å². The lowest BCUT2D eigenvalue weighted by Gasteiger charge is -2.34. The monoisotopic (exact) mass is 364 g/mol. The molecule has 0 saturated carbocycles. The molecule has 3 heterocycles. The number of nitrogens with one attached hydrogen (secondary N) is 2. The van der Waals surface area contributed by atoms with Gasteiger partial charge < -0.3 is 15.0 Å². The molecule has 2 amide bonds. The van der Waals surface area contributed by atoms with Crippen LogP contribution in [-0.4, -0.2) is 66.0 Å². The Kier molecular flexibility index (Phi) is 5.55. The van der Waals surface area contributed by atoms with Crippen molar-refractivity contribution in [2.24, 2.45) is 17.8 Å². The van der Waals surface area contributed by atoms with Gasteiger partial charge in [-0.3, -0.25) is 19.9 Å². The average molecular weight is 364 g/mol. The van der Waals surface area contributed by atoms with Crippen molar-refractivity contribution in [3.63, 3.8) is 0 Å². The highest BCUT2D eigenvalue weighted by atomic mass is 16.5. The van der Waals surface area contributed by atoms with Gasteiger partial charge in [-0.1, -0.05) is 13.8 Å². The minimum Gasteiger partial charge on any atom is -0.381 e. The number of nitrogens with zero attached hydrogens (tertiary/aromatic N) is 2. The number of guanidine groups is 1. The van der Waals surface area contributed by atoms with E-state index in [4.69, 9.17) is 10.1 Å². The van der Waals surface area contributed by atoms with Crippen LogP contribution in [0.4, 0.5) is 0 Å². The molecule has 7 nitrogen and oxygen atoms in total. The number of carbonyl (C=O) groups is 2. The molecule has 2 N–H and O–H groups in total. The summed E-state index contributed by atoms with van der Waals surface area (Å²) in [6, 6.07) is 0. The first-order valence-corrected chi connectivity index (χ1v) is 9.85. The van der Waals surface area contributed by atoms with Crippen molar-refractivity contribution in [2.45, 2.75) is 52.0 Å². The van der Waals surface area contributed by atoms with Gasteiger partial charge in [0, 0.05) is 26.2 Å². The molecule has 0 aliphatic carbocycles. The molecule has 0 aromatic heterocycles. The van der Waals surface area contributed by atoms with Gasteiger partial charge in [-0.2, -0.15) is 0 Å². The molecule has 3 aliphatic rings. The largest absolute Gasteiger partial charge is 0.381 e. The van der Waals surface area contributed by atoms with Gasteiger partial charge in [-0.05, 0) is 44.4 Å². The first-order valence-electron chi connectivity index (χ1n) is 9.85. The third-order valence-corrected chi connectivity index (χ3v) is 5.84. The highest BCUT2D eigenvalue weighted by Gasteiger charge is 2.46. The predicted octanol–water partition coefficient (Wildman–Crippen LogP) is 1.43. The second-order valence-electron chi connectivity index (χ2n) is 8.65. The maximum Gasteiger partial charge on any atom is 0.254 e. The van der Waals surface area contributed by atoms with E-state index in [9.17, 15) is 9.59 Å². The Balaban J connectivity index is 1.52. The van der Waals surface area contributed by atoms with Gasteiger partial charge in [-0.25, -0.2) is 0 Å². The summed E-state index contributed by atoms with van der Waals surface area (Å²) in [6.07, 6.45) is 3.33. The van der Waals surface area contributed by atoms with Crippen LogP contribution >= 0.6 is 0 Å². The molecule has 0 aromatic rings. The van der Waals surface area contributed by atoms with Gasteiger partial charge >= 0.3 is 0 Å². The summed E-state index contributed by atoms with van der Waals surface area (Å²) in [5.41, 5.74) is -0.662. The molecule has 0 aromatic carbocycles. The predicted molar refractivity (Wildman–Crippen MR) is 98.7 cm³/mol. The molecule has 0 spiro atoms. The minimum absolute atomic E-state index is 0.0119. The molecule has 2 unspecified atom stereocenters. The topological polar surface area (TPSA) is 85.7 Å². The normalized spacial score (nSPS) is 30.4. The molecule has 3 rings (SSSR count). The van der Waals surface area contributed by atoms with Gasteiger partial charge in [0.05, 0.1) is 12.5 Å². The highest BCUT2D eigenvalue weighted by molar-refractivity contribution is 6.07. The minimum atomic E-state index is -0.662. The molecule has 3 saturated heterocycles. The molecular formula is C19H32N4O3. The fraction of sp³-hybridized carbons (Fsp3) is 0.842. The Hall–Kier alpha value is -1.63. The third kappa shape index (κ3) is 3.87. The molecule has 146 valence electrons. The zero-order valence-electron chi connectivity index (χ0n) is 16.2. The van der Waals surface area contributed by atoms with Gasteiger partial charge in [0.15, 0.2) is 5.96 Å². The van der Waals surface area contributed by atoms with Gasteiger partial charge in [0.25, 0.3) is 5.91 Å². The summed E-state index contributed by atoms with van der Waals surface area (Å²) in [4.78, 5) is 28.9. The number of hydrogen-bond acceptors (Lipinski definition) is 4. The Labute approximate surface area is 155 Å². The molecule has 2 atom stereocenters. The second kappa shape index (κ2) is 7.55. The van der Waals surface area contributed by atoms with E-state index < -0.39 is 5.54 Å². The second-order valence-corrected chi connectivity index (χ2v) is 8.65. The highest BCUT2D eigenvalue weighted by Crippen LogP contribution is 2.28. The molecule has 0 radical (unpaired) electrons. The summed E-state index contributed by atoms with van der Waals surface area (Å²) >= 11 is 0. The fourth-order valence-electron chi connectivity index (χ4n) is 4.49. The van der Waals surface area contributed by atoms with Crippen molar-refractivity contribution in [1.82, 2.24) is 15.1 Å². The molecule has 3 aliphatic heterocycles.